The number of fused-ring (bicyclic) bond motifs is 1. The van der Waals surface area contributed by atoms with E-state index < -0.39 is 5.82 Å². The lowest BCUT2D eigenvalue weighted by Crippen LogP contribution is -2.08. The molecule has 0 fully saturated rings. The first-order valence-corrected chi connectivity index (χ1v) is 8.20. The molecule has 0 aliphatic carbocycles. The van der Waals surface area contributed by atoms with Crippen molar-refractivity contribution < 1.29 is 23.0 Å². The van der Waals surface area contributed by atoms with Crippen LogP contribution in [-0.4, -0.2) is 16.8 Å². The number of nitrogens with zero attached hydrogens (tertiary/aromatic N) is 2. The van der Waals surface area contributed by atoms with Gasteiger partial charge in [-0.1, -0.05) is 24.3 Å². The summed E-state index contributed by atoms with van der Waals surface area (Å²) in [6.07, 6.45) is 1.01. The van der Waals surface area contributed by atoms with Crippen molar-refractivity contribution in [3.63, 3.8) is 0 Å². The van der Waals surface area contributed by atoms with E-state index in [2.05, 4.69) is 15.3 Å². The molecule has 3 aromatic rings. The smallest absolute Gasteiger partial charge is 0.318 e. The van der Waals surface area contributed by atoms with Gasteiger partial charge in [0.2, 0.25) is 6.79 Å². The zero-order chi connectivity index (χ0) is 18.6. The number of halogens is 2. The zero-order valence-electron chi connectivity index (χ0n) is 14.1. The van der Waals surface area contributed by atoms with Gasteiger partial charge in [-0.25, -0.2) is 13.8 Å². The van der Waals surface area contributed by atoms with Gasteiger partial charge in [-0.2, -0.15) is 4.98 Å². The zero-order valence-corrected chi connectivity index (χ0v) is 14.1. The summed E-state index contributed by atoms with van der Waals surface area (Å²) < 4.78 is 43.7. The molecule has 4 rings (SSSR count). The molecule has 1 N–H and O–H groups in total. The fourth-order valence-corrected chi connectivity index (χ4v) is 2.54. The van der Waals surface area contributed by atoms with Crippen molar-refractivity contribution >= 4 is 5.82 Å². The largest absolute Gasteiger partial charge is 0.459 e. The van der Waals surface area contributed by atoms with Gasteiger partial charge in [0.1, 0.15) is 12.4 Å². The molecule has 1 aliphatic heterocycles. The normalized spacial score (nSPS) is 12.1. The minimum atomic E-state index is -0.651. The predicted octanol–water partition coefficient (Wildman–Crippen LogP) is 3.67. The summed E-state index contributed by atoms with van der Waals surface area (Å²) >= 11 is 0. The van der Waals surface area contributed by atoms with Crippen molar-refractivity contribution in [1.29, 1.82) is 0 Å². The van der Waals surface area contributed by atoms with E-state index in [4.69, 9.17) is 14.2 Å². The summed E-state index contributed by atoms with van der Waals surface area (Å²) in [5, 5.41) is 2.76. The predicted molar refractivity (Wildman–Crippen MR) is 92.6 cm³/mol. The molecule has 0 amide bonds. The lowest BCUT2D eigenvalue weighted by atomic mass is 10.2. The molecule has 2 heterocycles. The van der Waals surface area contributed by atoms with Crippen LogP contribution in [0.1, 0.15) is 11.1 Å². The molecule has 1 aromatic heterocycles. The second kappa shape index (κ2) is 7.45. The number of nitrogens with one attached hydrogen (secondary N) is 1. The van der Waals surface area contributed by atoms with Gasteiger partial charge in [-0.3, -0.25) is 0 Å². The second-order valence-electron chi connectivity index (χ2n) is 5.77. The van der Waals surface area contributed by atoms with Crippen LogP contribution in [0.2, 0.25) is 0 Å². The van der Waals surface area contributed by atoms with Crippen molar-refractivity contribution in [2.45, 2.75) is 13.2 Å². The van der Waals surface area contributed by atoms with Crippen LogP contribution in [0.3, 0.4) is 0 Å². The van der Waals surface area contributed by atoms with E-state index in [9.17, 15) is 8.78 Å². The van der Waals surface area contributed by atoms with Gasteiger partial charge < -0.3 is 19.5 Å². The minimum Gasteiger partial charge on any atom is -0.459 e. The molecule has 0 saturated heterocycles. The molecule has 27 heavy (non-hydrogen) atoms. The summed E-state index contributed by atoms with van der Waals surface area (Å²) in [6, 6.07) is 11.7. The second-order valence-corrected chi connectivity index (χ2v) is 5.77. The summed E-state index contributed by atoms with van der Waals surface area (Å²) in [7, 11) is 0. The fourth-order valence-electron chi connectivity index (χ4n) is 2.54. The Labute approximate surface area is 153 Å². The Hall–Kier alpha value is -3.42. The molecule has 0 bridgehead atoms. The molecule has 0 saturated carbocycles. The maximum atomic E-state index is 13.9. The summed E-state index contributed by atoms with van der Waals surface area (Å²) in [5.74, 6) is 0.231. The van der Waals surface area contributed by atoms with E-state index in [0.717, 1.165) is 11.8 Å². The van der Waals surface area contributed by atoms with E-state index in [0.29, 0.717) is 17.1 Å². The standard InChI is InChI=1S/C19H15F2N3O3/c20-14-4-2-1-3-13(14)8-22-18-15(21)9-23-19(24-18)25-10-12-5-6-16-17(7-12)27-11-26-16/h1-7,9H,8,10-11H2,(H,22,23,24). The monoisotopic (exact) mass is 371 g/mol. The molecule has 0 radical (unpaired) electrons. The Morgan fingerprint density at radius 3 is 2.78 bits per heavy atom. The Morgan fingerprint density at radius 2 is 1.89 bits per heavy atom. The van der Waals surface area contributed by atoms with Crippen molar-refractivity contribution in [3.8, 4) is 17.5 Å². The number of anilines is 1. The summed E-state index contributed by atoms with van der Waals surface area (Å²) in [4.78, 5) is 7.83. The molecular weight excluding hydrogens is 356 g/mol. The van der Waals surface area contributed by atoms with Crippen LogP contribution in [0, 0.1) is 11.6 Å². The molecule has 8 heteroatoms. The number of rotatable bonds is 6. The van der Waals surface area contributed by atoms with Crippen molar-refractivity contribution in [2.24, 2.45) is 0 Å². The molecule has 0 atom stereocenters. The summed E-state index contributed by atoms with van der Waals surface area (Å²) in [6.45, 7) is 0.453. The maximum absolute atomic E-state index is 13.9. The van der Waals surface area contributed by atoms with Crippen LogP contribution in [0.5, 0.6) is 17.5 Å². The molecule has 138 valence electrons. The van der Waals surface area contributed by atoms with Gasteiger partial charge in [0.15, 0.2) is 23.1 Å². The average molecular weight is 371 g/mol. The Bertz CT molecular complexity index is 969. The highest BCUT2D eigenvalue weighted by Crippen LogP contribution is 2.32. The van der Waals surface area contributed by atoms with Crippen LogP contribution in [0.4, 0.5) is 14.6 Å². The molecule has 0 spiro atoms. The first kappa shape index (κ1) is 17.0. The quantitative estimate of drug-likeness (QED) is 0.713. The number of aromatic nitrogens is 2. The van der Waals surface area contributed by atoms with Crippen LogP contribution in [-0.2, 0) is 13.2 Å². The van der Waals surface area contributed by atoms with E-state index >= 15 is 0 Å². The van der Waals surface area contributed by atoms with Gasteiger partial charge in [0.25, 0.3) is 0 Å². The van der Waals surface area contributed by atoms with E-state index in [1.807, 2.05) is 6.07 Å². The van der Waals surface area contributed by atoms with E-state index in [1.54, 1.807) is 30.3 Å². The minimum absolute atomic E-state index is 0.00472. The average Bonchev–Trinajstić information content (AvgIpc) is 3.15. The van der Waals surface area contributed by atoms with Crippen LogP contribution >= 0.6 is 0 Å². The Balaban J connectivity index is 1.42. The van der Waals surface area contributed by atoms with Gasteiger partial charge in [0.05, 0.1) is 6.20 Å². The number of hydrogen-bond donors (Lipinski definition) is 1. The molecular formula is C19H15F2N3O3. The highest BCUT2D eigenvalue weighted by Gasteiger charge is 2.14. The van der Waals surface area contributed by atoms with Crippen molar-refractivity contribution in [1.82, 2.24) is 9.97 Å². The highest BCUT2D eigenvalue weighted by molar-refractivity contribution is 5.44. The molecule has 2 aromatic carbocycles. The lowest BCUT2D eigenvalue weighted by Gasteiger charge is -2.10. The third kappa shape index (κ3) is 3.89. The van der Waals surface area contributed by atoms with E-state index in [1.165, 1.54) is 6.07 Å². The fraction of sp³-hybridized carbons (Fsp3) is 0.158. The Kier molecular flexibility index (Phi) is 4.69. The van der Waals surface area contributed by atoms with Gasteiger partial charge >= 0.3 is 6.01 Å². The number of ether oxygens (including phenoxy) is 3. The number of benzene rings is 2. The Morgan fingerprint density at radius 1 is 1.04 bits per heavy atom. The molecule has 0 unspecified atom stereocenters. The third-order valence-corrected chi connectivity index (χ3v) is 3.93. The maximum Gasteiger partial charge on any atom is 0.318 e. The van der Waals surface area contributed by atoms with Gasteiger partial charge in [-0.05, 0) is 23.8 Å². The van der Waals surface area contributed by atoms with Crippen LogP contribution < -0.4 is 19.5 Å². The van der Waals surface area contributed by atoms with Crippen LogP contribution in [0.25, 0.3) is 0 Å². The number of hydrogen-bond acceptors (Lipinski definition) is 6. The molecule has 1 aliphatic rings. The van der Waals surface area contributed by atoms with Gasteiger partial charge in [-0.15, -0.1) is 0 Å². The first-order valence-electron chi connectivity index (χ1n) is 8.20. The van der Waals surface area contributed by atoms with Crippen molar-refractivity contribution in [3.05, 3.63) is 71.4 Å². The first-order chi connectivity index (χ1) is 13.2. The third-order valence-electron chi connectivity index (χ3n) is 3.93. The summed E-state index contributed by atoms with van der Waals surface area (Å²) in [5.41, 5.74) is 1.23. The van der Waals surface area contributed by atoms with Gasteiger partial charge in [0, 0.05) is 12.1 Å². The van der Waals surface area contributed by atoms with E-state index in [-0.39, 0.29) is 37.6 Å². The van der Waals surface area contributed by atoms with Crippen molar-refractivity contribution in [2.75, 3.05) is 12.1 Å². The SMILES string of the molecule is Fc1ccccc1CNc1nc(OCc2ccc3c(c2)OCO3)ncc1F. The lowest BCUT2D eigenvalue weighted by molar-refractivity contribution is 0.174. The van der Waals surface area contributed by atoms with Crippen LogP contribution in [0.15, 0.2) is 48.7 Å². The highest BCUT2D eigenvalue weighted by atomic mass is 19.1. The molecule has 6 nitrogen and oxygen atoms in total. The topological polar surface area (TPSA) is 65.5 Å².